The first-order valence-corrected chi connectivity index (χ1v) is 8.50. The van der Waals surface area contributed by atoms with E-state index in [4.69, 9.17) is 4.74 Å². The van der Waals surface area contributed by atoms with Crippen molar-refractivity contribution in [3.8, 4) is 0 Å². The molecule has 0 rings (SSSR count). The van der Waals surface area contributed by atoms with Gasteiger partial charge < -0.3 is 15.0 Å². The van der Waals surface area contributed by atoms with Gasteiger partial charge in [0.25, 0.3) is 0 Å². The third-order valence-electron chi connectivity index (χ3n) is 2.89. The zero-order valence-electron chi connectivity index (χ0n) is 11.9. The number of nitrogens with zero attached hydrogens (tertiary/aromatic N) is 1. The highest BCUT2D eigenvalue weighted by molar-refractivity contribution is 7.91. The molecule has 1 N–H and O–H groups in total. The molecule has 6 heteroatoms. The van der Waals surface area contributed by atoms with E-state index in [1.807, 2.05) is 0 Å². The Kier molecular flexibility index (Phi) is 10.6. The van der Waals surface area contributed by atoms with Gasteiger partial charge in [-0.25, -0.2) is 8.42 Å². The van der Waals surface area contributed by atoms with Crippen LogP contribution in [0.15, 0.2) is 0 Å². The maximum Gasteiger partial charge on any atom is 0.151 e. The van der Waals surface area contributed by atoms with E-state index < -0.39 is 9.84 Å². The molecule has 0 aromatic carbocycles. The molecule has 0 bridgehead atoms. The Morgan fingerprint density at radius 3 is 2.33 bits per heavy atom. The molecule has 0 aromatic rings. The number of hydrogen-bond donors (Lipinski definition) is 1. The van der Waals surface area contributed by atoms with E-state index in [9.17, 15) is 8.42 Å². The number of nitrogens with one attached hydrogen (secondary N) is 1. The first kappa shape index (κ1) is 17.8. The molecule has 0 saturated carbocycles. The summed E-state index contributed by atoms with van der Waals surface area (Å²) in [6.07, 6.45) is 0.582. The number of rotatable bonds is 12. The van der Waals surface area contributed by atoms with Crippen molar-refractivity contribution in [3.05, 3.63) is 0 Å². The summed E-state index contributed by atoms with van der Waals surface area (Å²) in [5.74, 6) is 0.438. The highest BCUT2D eigenvalue weighted by Gasteiger charge is 2.09. The fraction of sp³-hybridized carbons (Fsp3) is 1.00. The lowest BCUT2D eigenvalue weighted by atomic mass is 10.4. The van der Waals surface area contributed by atoms with Crippen LogP contribution in [-0.4, -0.2) is 71.3 Å². The Morgan fingerprint density at radius 2 is 1.78 bits per heavy atom. The van der Waals surface area contributed by atoms with Gasteiger partial charge in [0.15, 0.2) is 9.84 Å². The molecular weight excluding hydrogens is 252 g/mol. The van der Waals surface area contributed by atoms with Gasteiger partial charge in [-0.05, 0) is 19.5 Å². The summed E-state index contributed by atoms with van der Waals surface area (Å²) in [7, 11) is -1.34. The van der Waals surface area contributed by atoms with Crippen LogP contribution in [0.2, 0.25) is 0 Å². The fourth-order valence-corrected chi connectivity index (χ4v) is 2.87. The smallest absolute Gasteiger partial charge is 0.151 e. The van der Waals surface area contributed by atoms with Gasteiger partial charge in [-0.15, -0.1) is 0 Å². The minimum atomic E-state index is -2.92. The summed E-state index contributed by atoms with van der Waals surface area (Å²) in [5.41, 5.74) is 0. The third kappa shape index (κ3) is 9.82. The molecule has 0 amide bonds. The molecule has 18 heavy (non-hydrogen) atoms. The van der Waals surface area contributed by atoms with Crippen LogP contribution in [0.1, 0.15) is 20.3 Å². The van der Waals surface area contributed by atoms with E-state index >= 15 is 0 Å². The lowest BCUT2D eigenvalue weighted by Crippen LogP contribution is -2.34. The van der Waals surface area contributed by atoms with Crippen LogP contribution < -0.4 is 5.32 Å². The van der Waals surface area contributed by atoms with Crippen molar-refractivity contribution in [2.24, 2.45) is 0 Å². The van der Waals surface area contributed by atoms with Crippen LogP contribution in [0.25, 0.3) is 0 Å². The van der Waals surface area contributed by atoms with Gasteiger partial charge in [0, 0.05) is 33.4 Å². The van der Waals surface area contributed by atoms with E-state index in [0.717, 1.165) is 26.2 Å². The van der Waals surface area contributed by atoms with Crippen molar-refractivity contribution < 1.29 is 13.2 Å². The quantitative estimate of drug-likeness (QED) is 0.523. The Balaban J connectivity index is 3.58. The highest BCUT2D eigenvalue weighted by atomic mass is 32.2. The number of methoxy groups -OCH3 is 1. The molecule has 0 unspecified atom stereocenters. The second-order valence-corrected chi connectivity index (χ2v) is 6.58. The van der Waals surface area contributed by atoms with Crippen molar-refractivity contribution in [1.29, 1.82) is 0 Å². The number of sulfone groups is 1. The summed E-state index contributed by atoms with van der Waals surface area (Å²) in [6, 6.07) is 0. The second-order valence-electron chi connectivity index (χ2n) is 4.28. The monoisotopic (exact) mass is 280 g/mol. The molecule has 0 aliphatic carbocycles. The first-order valence-electron chi connectivity index (χ1n) is 6.68. The lowest BCUT2D eigenvalue weighted by Gasteiger charge is -2.17. The predicted molar refractivity (Wildman–Crippen MR) is 75.8 cm³/mol. The Hall–Kier alpha value is -0.170. The Labute approximate surface area is 112 Å². The maximum atomic E-state index is 11.6. The average Bonchev–Trinajstić information content (AvgIpc) is 2.34. The highest BCUT2D eigenvalue weighted by Crippen LogP contribution is 1.93. The van der Waals surface area contributed by atoms with Crippen molar-refractivity contribution in [2.45, 2.75) is 20.3 Å². The van der Waals surface area contributed by atoms with Gasteiger partial charge in [0.2, 0.25) is 0 Å². The minimum absolute atomic E-state index is 0.217. The third-order valence-corrected chi connectivity index (χ3v) is 4.63. The van der Waals surface area contributed by atoms with Crippen LogP contribution in [0.4, 0.5) is 0 Å². The second kappa shape index (κ2) is 10.7. The fourth-order valence-electron chi connectivity index (χ4n) is 1.65. The molecular formula is C12H28N2O3S. The van der Waals surface area contributed by atoms with Crippen molar-refractivity contribution in [3.63, 3.8) is 0 Å². The summed E-state index contributed by atoms with van der Waals surface area (Å²) >= 11 is 0. The summed E-state index contributed by atoms with van der Waals surface area (Å²) < 4.78 is 28.1. The maximum absolute atomic E-state index is 11.6. The Morgan fingerprint density at radius 1 is 1.11 bits per heavy atom. The minimum Gasteiger partial charge on any atom is -0.385 e. The van der Waals surface area contributed by atoms with Crippen LogP contribution in [0.5, 0.6) is 0 Å². The number of ether oxygens (including phenoxy) is 1. The van der Waals surface area contributed by atoms with Crippen LogP contribution in [-0.2, 0) is 14.6 Å². The molecule has 0 heterocycles. The van der Waals surface area contributed by atoms with Gasteiger partial charge in [0.05, 0.1) is 11.5 Å². The first-order chi connectivity index (χ1) is 8.55. The molecule has 0 spiro atoms. The lowest BCUT2D eigenvalue weighted by molar-refractivity contribution is 0.199. The van der Waals surface area contributed by atoms with E-state index in [-0.39, 0.29) is 11.5 Å². The van der Waals surface area contributed by atoms with Crippen LogP contribution in [0.3, 0.4) is 0 Å². The molecule has 0 aromatic heterocycles. The SMILES string of the molecule is CCN(CC)CCNCCS(=O)(=O)CCCOC. The van der Waals surface area contributed by atoms with Crippen LogP contribution in [0, 0.1) is 0 Å². The molecule has 0 aliphatic rings. The zero-order chi connectivity index (χ0) is 13.9. The standard InChI is InChI=1S/C12H28N2O3S/c1-4-14(5-2)9-7-13-8-12-18(15,16)11-6-10-17-3/h13H,4-12H2,1-3H3. The van der Waals surface area contributed by atoms with Gasteiger partial charge in [-0.1, -0.05) is 13.8 Å². The average molecular weight is 280 g/mol. The van der Waals surface area contributed by atoms with Crippen molar-refractivity contribution >= 4 is 9.84 Å². The van der Waals surface area contributed by atoms with E-state index in [0.29, 0.717) is 19.6 Å². The van der Waals surface area contributed by atoms with Crippen molar-refractivity contribution in [2.75, 3.05) is 57.9 Å². The molecule has 0 atom stereocenters. The molecule has 0 fully saturated rings. The topological polar surface area (TPSA) is 58.6 Å². The molecule has 0 aliphatic heterocycles. The largest absolute Gasteiger partial charge is 0.385 e. The molecule has 110 valence electrons. The molecule has 5 nitrogen and oxygen atoms in total. The summed E-state index contributed by atoms with van der Waals surface area (Å²) in [6.45, 7) is 9.19. The van der Waals surface area contributed by atoms with Gasteiger partial charge in [0.1, 0.15) is 0 Å². The molecule has 0 saturated heterocycles. The van der Waals surface area contributed by atoms with Crippen LogP contribution >= 0.6 is 0 Å². The van der Waals surface area contributed by atoms with Gasteiger partial charge in [-0.2, -0.15) is 0 Å². The summed E-state index contributed by atoms with van der Waals surface area (Å²) in [5, 5.41) is 3.18. The number of hydrogen-bond acceptors (Lipinski definition) is 5. The predicted octanol–water partition coefficient (Wildman–Crippen LogP) is 0.369. The zero-order valence-corrected chi connectivity index (χ0v) is 12.8. The van der Waals surface area contributed by atoms with E-state index in [1.54, 1.807) is 7.11 Å². The van der Waals surface area contributed by atoms with Crippen molar-refractivity contribution in [1.82, 2.24) is 10.2 Å². The van der Waals surface area contributed by atoms with Gasteiger partial charge in [-0.3, -0.25) is 0 Å². The number of likely N-dealkylation sites (N-methyl/N-ethyl adjacent to an activating group) is 1. The summed E-state index contributed by atoms with van der Waals surface area (Å²) in [4.78, 5) is 2.31. The van der Waals surface area contributed by atoms with E-state index in [2.05, 4.69) is 24.1 Å². The Bertz CT molecular complexity index is 277. The normalized spacial score (nSPS) is 12.2. The van der Waals surface area contributed by atoms with Gasteiger partial charge >= 0.3 is 0 Å². The van der Waals surface area contributed by atoms with E-state index in [1.165, 1.54) is 0 Å². The molecule has 0 radical (unpaired) electrons.